The number of aromatic nitrogens is 2. The fourth-order valence-electron chi connectivity index (χ4n) is 2.05. The molecule has 102 valence electrons. The molecule has 2 rings (SSSR count). The number of rotatable bonds is 5. The summed E-state index contributed by atoms with van der Waals surface area (Å²) in [6.07, 6.45) is 2.09. The topological polar surface area (TPSA) is 39.1 Å². The van der Waals surface area contributed by atoms with Gasteiger partial charge in [0.2, 0.25) is 0 Å². The normalized spacial score (nSPS) is 10.5. The number of benzene rings is 1. The standard InChI is InChI=1S/C15H21N3O/c1-5-18-10-13(12(3)17-18)9-16-14-8-11(2)6-7-15(14)19-4/h6-8,10,16H,5,9H2,1-4H3. The Morgan fingerprint density at radius 3 is 2.74 bits per heavy atom. The minimum Gasteiger partial charge on any atom is -0.495 e. The van der Waals surface area contributed by atoms with Gasteiger partial charge in [0.25, 0.3) is 0 Å². The number of ether oxygens (including phenoxy) is 1. The summed E-state index contributed by atoms with van der Waals surface area (Å²) in [7, 11) is 1.69. The third-order valence-electron chi connectivity index (χ3n) is 3.20. The summed E-state index contributed by atoms with van der Waals surface area (Å²) in [6.45, 7) is 7.86. The SMILES string of the molecule is CCn1cc(CNc2cc(C)ccc2OC)c(C)n1. The number of hydrogen-bond donors (Lipinski definition) is 1. The number of methoxy groups -OCH3 is 1. The Bertz CT molecular complexity index is 561. The lowest BCUT2D eigenvalue weighted by molar-refractivity contribution is 0.416. The Labute approximate surface area is 114 Å². The molecule has 2 aromatic rings. The maximum Gasteiger partial charge on any atom is 0.141 e. The summed E-state index contributed by atoms with van der Waals surface area (Å²) >= 11 is 0. The molecule has 0 radical (unpaired) electrons. The maximum absolute atomic E-state index is 5.36. The first-order valence-corrected chi connectivity index (χ1v) is 6.55. The summed E-state index contributed by atoms with van der Waals surface area (Å²) in [5.41, 5.74) is 4.52. The third-order valence-corrected chi connectivity index (χ3v) is 3.20. The second-order valence-corrected chi connectivity index (χ2v) is 4.65. The number of hydrogen-bond acceptors (Lipinski definition) is 3. The van der Waals surface area contributed by atoms with E-state index >= 15 is 0 Å². The van der Waals surface area contributed by atoms with Crippen molar-refractivity contribution >= 4 is 5.69 Å². The van der Waals surface area contributed by atoms with Crippen molar-refractivity contribution in [2.75, 3.05) is 12.4 Å². The van der Waals surface area contributed by atoms with Crippen molar-refractivity contribution in [2.45, 2.75) is 33.9 Å². The molecule has 0 amide bonds. The van der Waals surface area contributed by atoms with Crippen LogP contribution < -0.4 is 10.1 Å². The molecule has 0 aliphatic carbocycles. The number of nitrogens with one attached hydrogen (secondary N) is 1. The Kier molecular flexibility index (Phi) is 4.10. The van der Waals surface area contributed by atoms with Crippen molar-refractivity contribution in [1.29, 1.82) is 0 Å². The average Bonchev–Trinajstić information content (AvgIpc) is 2.77. The van der Waals surface area contributed by atoms with Gasteiger partial charge < -0.3 is 10.1 Å². The zero-order valence-corrected chi connectivity index (χ0v) is 12.0. The van der Waals surface area contributed by atoms with Crippen molar-refractivity contribution in [2.24, 2.45) is 0 Å². The highest BCUT2D eigenvalue weighted by molar-refractivity contribution is 5.58. The first-order valence-electron chi connectivity index (χ1n) is 6.55. The lowest BCUT2D eigenvalue weighted by Crippen LogP contribution is -2.02. The Morgan fingerprint density at radius 2 is 2.11 bits per heavy atom. The van der Waals surface area contributed by atoms with Crippen molar-refractivity contribution in [3.05, 3.63) is 41.2 Å². The van der Waals surface area contributed by atoms with Gasteiger partial charge in [0.15, 0.2) is 0 Å². The van der Waals surface area contributed by atoms with E-state index in [4.69, 9.17) is 4.74 Å². The molecule has 0 aliphatic heterocycles. The lowest BCUT2D eigenvalue weighted by atomic mass is 10.2. The molecule has 1 aromatic carbocycles. The van der Waals surface area contributed by atoms with Crippen LogP contribution in [0.15, 0.2) is 24.4 Å². The van der Waals surface area contributed by atoms with Gasteiger partial charge in [-0.15, -0.1) is 0 Å². The molecule has 0 unspecified atom stereocenters. The maximum atomic E-state index is 5.36. The quantitative estimate of drug-likeness (QED) is 0.896. The highest BCUT2D eigenvalue weighted by atomic mass is 16.5. The van der Waals surface area contributed by atoms with Crippen LogP contribution in [0.3, 0.4) is 0 Å². The molecule has 1 N–H and O–H groups in total. The minimum atomic E-state index is 0.756. The fourth-order valence-corrected chi connectivity index (χ4v) is 2.05. The third kappa shape index (κ3) is 3.08. The van der Waals surface area contributed by atoms with Crippen LogP contribution in [0.2, 0.25) is 0 Å². The molecule has 0 spiro atoms. The highest BCUT2D eigenvalue weighted by Gasteiger charge is 2.06. The molecule has 0 fully saturated rings. The van der Waals surface area contributed by atoms with Crippen LogP contribution in [0, 0.1) is 13.8 Å². The monoisotopic (exact) mass is 259 g/mol. The van der Waals surface area contributed by atoms with E-state index in [0.717, 1.165) is 30.2 Å². The van der Waals surface area contributed by atoms with Gasteiger partial charge in [0.1, 0.15) is 5.75 Å². The van der Waals surface area contributed by atoms with Gasteiger partial charge in [-0.2, -0.15) is 5.10 Å². The minimum absolute atomic E-state index is 0.756. The Hall–Kier alpha value is -1.97. The van der Waals surface area contributed by atoms with Crippen LogP contribution in [-0.4, -0.2) is 16.9 Å². The zero-order valence-electron chi connectivity index (χ0n) is 12.0. The molecule has 0 saturated heterocycles. The molecule has 0 saturated carbocycles. The van der Waals surface area contributed by atoms with Crippen LogP contribution >= 0.6 is 0 Å². The van der Waals surface area contributed by atoms with Crippen molar-refractivity contribution in [3.8, 4) is 5.75 Å². The Balaban J connectivity index is 2.13. The van der Waals surface area contributed by atoms with E-state index in [2.05, 4.69) is 36.5 Å². The smallest absolute Gasteiger partial charge is 0.141 e. The van der Waals surface area contributed by atoms with Crippen LogP contribution in [0.25, 0.3) is 0 Å². The van der Waals surface area contributed by atoms with Gasteiger partial charge in [-0.3, -0.25) is 4.68 Å². The number of aryl methyl sites for hydroxylation is 3. The first-order chi connectivity index (χ1) is 9.13. The second-order valence-electron chi connectivity index (χ2n) is 4.65. The summed E-state index contributed by atoms with van der Waals surface area (Å²) in [5.74, 6) is 0.867. The molecule has 0 aliphatic rings. The molecule has 4 heteroatoms. The highest BCUT2D eigenvalue weighted by Crippen LogP contribution is 2.25. The molecule has 19 heavy (non-hydrogen) atoms. The Morgan fingerprint density at radius 1 is 1.32 bits per heavy atom. The van der Waals surface area contributed by atoms with Crippen LogP contribution in [0.1, 0.15) is 23.7 Å². The second kappa shape index (κ2) is 5.78. The van der Waals surface area contributed by atoms with Gasteiger partial charge in [0.05, 0.1) is 18.5 Å². The van der Waals surface area contributed by atoms with E-state index in [0.29, 0.717) is 0 Å². The summed E-state index contributed by atoms with van der Waals surface area (Å²) < 4.78 is 7.32. The summed E-state index contributed by atoms with van der Waals surface area (Å²) in [4.78, 5) is 0. The molecule has 0 atom stereocenters. The molecule has 0 bridgehead atoms. The van der Waals surface area contributed by atoms with Gasteiger partial charge >= 0.3 is 0 Å². The van der Waals surface area contributed by atoms with E-state index < -0.39 is 0 Å². The van der Waals surface area contributed by atoms with E-state index in [-0.39, 0.29) is 0 Å². The predicted octanol–water partition coefficient (Wildman–Crippen LogP) is 3.14. The van der Waals surface area contributed by atoms with Gasteiger partial charge in [-0.25, -0.2) is 0 Å². The van der Waals surface area contributed by atoms with Gasteiger partial charge in [-0.1, -0.05) is 6.07 Å². The van der Waals surface area contributed by atoms with Gasteiger partial charge in [-0.05, 0) is 38.5 Å². The fraction of sp³-hybridized carbons (Fsp3) is 0.400. The van der Waals surface area contributed by atoms with E-state index in [1.165, 1.54) is 11.1 Å². The molecule has 1 aromatic heterocycles. The molecule has 1 heterocycles. The largest absolute Gasteiger partial charge is 0.495 e. The summed E-state index contributed by atoms with van der Waals surface area (Å²) in [5, 5.41) is 7.87. The van der Waals surface area contributed by atoms with Crippen LogP contribution in [0.5, 0.6) is 5.75 Å². The van der Waals surface area contributed by atoms with Crippen molar-refractivity contribution in [1.82, 2.24) is 9.78 Å². The van der Waals surface area contributed by atoms with E-state index in [1.54, 1.807) is 7.11 Å². The van der Waals surface area contributed by atoms with Crippen molar-refractivity contribution < 1.29 is 4.74 Å². The van der Waals surface area contributed by atoms with Crippen molar-refractivity contribution in [3.63, 3.8) is 0 Å². The predicted molar refractivity (Wildman–Crippen MR) is 77.7 cm³/mol. The van der Waals surface area contributed by atoms with Crippen LogP contribution in [0.4, 0.5) is 5.69 Å². The molecular formula is C15H21N3O. The first kappa shape index (κ1) is 13.5. The molecule has 4 nitrogen and oxygen atoms in total. The summed E-state index contributed by atoms with van der Waals surface area (Å²) in [6, 6.07) is 6.13. The zero-order chi connectivity index (χ0) is 13.8. The molecular weight excluding hydrogens is 238 g/mol. The van der Waals surface area contributed by atoms with Crippen LogP contribution in [-0.2, 0) is 13.1 Å². The average molecular weight is 259 g/mol. The number of anilines is 1. The van der Waals surface area contributed by atoms with E-state index in [9.17, 15) is 0 Å². The van der Waals surface area contributed by atoms with Gasteiger partial charge in [0, 0.05) is 24.8 Å². The lowest BCUT2D eigenvalue weighted by Gasteiger charge is -2.11. The number of nitrogens with zero attached hydrogens (tertiary/aromatic N) is 2. The van der Waals surface area contributed by atoms with E-state index in [1.807, 2.05) is 23.7 Å².